The van der Waals surface area contributed by atoms with Gasteiger partial charge in [-0.05, 0) is 24.1 Å². The van der Waals surface area contributed by atoms with Gasteiger partial charge in [-0.3, -0.25) is 0 Å². The number of allylic oxidation sites excluding steroid dienone is 2. The third kappa shape index (κ3) is 1.91. The van der Waals surface area contributed by atoms with Crippen LogP contribution in [-0.4, -0.2) is 12.3 Å². The van der Waals surface area contributed by atoms with Crippen molar-refractivity contribution < 1.29 is 0 Å². The molecule has 2 heteroatoms. The largest absolute Gasteiger partial charge is 0.336 e. The zero-order valence-electron chi connectivity index (χ0n) is 9.43. The summed E-state index contributed by atoms with van der Waals surface area (Å²) in [6.07, 6.45) is 10.5. The van der Waals surface area contributed by atoms with Crippen molar-refractivity contribution in [3.63, 3.8) is 0 Å². The van der Waals surface area contributed by atoms with E-state index in [0.717, 1.165) is 6.42 Å². The third-order valence-corrected chi connectivity index (χ3v) is 2.81. The minimum absolute atomic E-state index is 0.0395. The molecular weight excluding hydrogens is 196 g/mol. The maximum Gasteiger partial charge on any atom is 0.0867 e. The molecule has 0 saturated carbocycles. The number of para-hydroxylation sites is 1. The Kier molecular flexibility index (Phi) is 3.20. The molecule has 0 radical (unpaired) electrons. The van der Waals surface area contributed by atoms with E-state index in [1.165, 1.54) is 17.5 Å². The standard InChI is InChI=1S/C14H16N2/c1-2-12-7-3-4-9-14(12)16-10-6-5-8-13(16)11-15/h3-11,13,15H,2H2,1H3. The van der Waals surface area contributed by atoms with Gasteiger partial charge in [0, 0.05) is 18.1 Å². The normalized spacial score (nSPS) is 18.8. The molecule has 0 aromatic heterocycles. The molecule has 0 bridgehead atoms. The molecule has 2 nitrogen and oxygen atoms in total. The van der Waals surface area contributed by atoms with Gasteiger partial charge in [0.2, 0.25) is 0 Å². The van der Waals surface area contributed by atoms with Gasteiger partial charge in [-0.25, -0.2) is 0 Å². The second-order valence-electron chi connectivity index (χ2n) is 3.77. The predicted octanol–water partition coefficient (Wildman–Crippen LogP) is 3.16. The third-order valence-electron chi connectivity index (χ3n) is 2.81. The first kappa shape index (κ1) is 10.7. The second kappa shape index (κ2) is 4.79. The first-order valence-corrected chi connectivity index (χ1v) is 5.58. The van der Waals surface area contributed by atoms with Crippen LogP contribution in [0, 0.1) is 5.41 Å². The first-order valence-electron chi connectivity index (χ1n) is 5.58. The van der Waals surface area contributed by atoms with Gasteiger partial charge in [0.15, 0.2) is 0 Å². The van der Waals surface area contributed by atoms with E-state index in [1.54, 1.807) is 0 Å². The fourth-order valence-electron chi connectivity index (χ4n) is 1.95. The summed E-state index contributed by atoms with van der Waals surface area (Å²) in [5, 5.41) is 7.45. The van der Waals surface area contributed by atoms with Crippen LogP contribution in [0.4, 0.5) is 5.69 Å². The van der Waals surface area contributed by atoms with Gasteiger partial charge in [0.05, 0.1) is 6.04 Å². The van der Waals surface area contributed by atoms with Gasteiger partial charge in [0.25, 0.3) is 0 Å². The molecule has 1 heterocycles. The van der Waals surface area contributed by atoms with Gasteiger partial charge in [-0.15, -0.1) is 0 Å². The van der Waals surface area contributed by atoms with Crippen LogP contribution in [0.25, 0.3) is 0 Å². The number of hydrogen-bond acceptors (Lipinski definition) is 2. The molecule has 0 amide bonds. The smallest absolute Gasteiger partial charge is 0.0867 e. The summed E-state index contributed by atoms with van der Waals surface area (Å²) < 4.78 is 0. The molecule has 1 aliphatic heterocycles. The molecule has 0 aliphatic carbocycles. The van der Waals surface area contributed by atoms with Crippen molar-refractivity contribution in [1.29, 1.82) is 5.41 Å². The van der Waals surface area contributed by atoms with E-state index in [4.69, 9.17) is 5.41 Å². The highest BCUT2D eigenvalue weighted by atomic mass is 15.1. The summed E-state index contributed by atoms with van der Waals surface area (Å²) in [4.78, 5) is 2.13. The lowest BCUT2D eigenvalue weighted by Crippen LogP contribution is -2.32. The Balaban J connectivity index is 2.39. The number of nitrogens with one attached hydrogen (secondary N) is 1. The van der Waals surface area contributed by atoms with Gasteiger partial charge in [0.1, 0.15) is 0 Å². The Morgan fingerprint density at radius 1 is 1.31 bits per heavy atom. The molecular formula is C14H16N2. The van der Waals surface area contributed by atoms with Crippen LogP contribution >= 0.6 is 0 Å². The van der Waals surface area contributed by atoms with E-state index in [1.807, 2.05) is 30.5 Å². The zero-order valence-corrected chi connectivity index (χ0v) is 9.43. The lowest BCUT2D eigenvalue weighted by molar-refractivity contribution is 0.953. The summed E-state index contributed by atoms with van der Waals surface area (Å²) in [5.74, 6) is 0. The Morgan fingerprint density at radius 2 is 2.12 bits per heavy atom. The average Bonchev–Trinajstić information content (AvgIpc) is 2.38. The minimum Gasteiger partial charge on any atom is -0.336 e. The van der Waals surface area contributed by atoms with Crippen LogP contribution < -0.4 is 4.90 Å². The van der Waals surface area contributed by atoms with Crippen molar-refractivity contribution in [3.8, 4) is 0 Å². The monoisotopic (exact) mass is 212 g/mol. The Bertz CT molecular complexity index is 432. The van der Waals surface area contributed by atoms with E-state index in [0.29, 0.717) is 0 Å². The molecule has 1 aromatic rings. The molecule has 1 unspecified atom stereocenters. The van der Waals surface area contributed by atoms with Gasteiger partial charge in [-0.1, -0.05) is 37.3 Å². The molecule has 0 fully saturated rings. The first-order chi connectivity index (χ1) is 7.86. The SMILES string of the molecule is CCc1ccccc1N1C=CC=CC1C=N. The van der Waals surface area contributed by atoms with Crippen LogP contribution in [-0.2, 0) is 6.42 Å². The Hall–Kier alpha value is -1.83. The van der Waals surface area contributed by atoms with Crippen molar-refractivity contribution in [1.82, 2.24) is 0 Å². The lowest BCUT2D eigenvalue weighted by atomic mass is 10.1. The number of anilines is 1. The number of aryl methyl sites for hydroxylation is 1. The van der Waals surface area contributed by atoms with Crippen LogP contribution in [0.3, 0.4) is 0 Å². The molecule has 1 aromatic carbocycles. The molecule has 0 spiro atoms. The van der Waals surface area contributed by atoms with Gasteiger partial charge >= 0.3 is 0 Å². The van der Waals surface area contributed by atoms with E-state index in [9.17, 15) is 0 Å². The molecule has 82 valence electrons. The van der Waals surface area contributed by atoms with Gasteiger partial charge in [-0.2, -0.15) is 0 Å². The number of benzene rings is 1. The molecule has 1 atom stereocenters. The van der Waals surface area contributed by atoms with Crippen molar-refractivity contribution in [2.24, 2.45) is 0 Å². The zero-order chi connectivity index (χ0) is 11.4. The molecule has 16 heavy (non-hydrogen) atoms. The number of rotatable bonds is 3. The molecule has 1 aliphatic rings. The lowest BCUT2D eigenvalue weighted by Gasteiger charge is -2.29. The topological polar surface area (TPSA) is 27.1 Å². The van der Waals surface area contributed by atoms with Crippen molar-refractivity contribution in [2.45, 2.75) is 19.4 Å². The van der Waals surface area contributed by atoms with E-state index < -0.39 is 0 Å². The predicted molar refractivity (Wildman–Crippen MR) is 69.2 cm³/mol. The summed E-state index contributed by atoms with van der Waals surface area (Å²) in [5.41, 5.74) is 2.51. The summed E-state index contributed by atoms with van der Waals surface area (Å²) in [6, 6.07) is 8.39. The van der Waals surface area contributed by atoms with Crippen LogP contribution in [0.5, 0.6) is 0 Å². The Morgan fingerprint density at radius 3 is 2.88 bits per heavy atom. The van der Waals surface area contributed by atoms with Crippen molar-refractivity contribution in [3.05, 3.63) is 54.3 Å². The van der Waals surface area contributed by atoms with Gasteiger partial charge < -0.3 is 10.3 Å². The number of hydrogen-bond donors (Lipinski definition) is 1. The molecule has 0 saturated heterocycles. The Labute approximate surface area is 96.4 Å². The van der Waals surface area contributed by atoms with E-state index >= 15 is 0 Å². The highest BCUT2D eigenvalue weighted by molar-refractivity contribution is 5.74. The van der Waals surface area contributed by atoms with Crippen LogP contribution in [0.2, 0.25) is 0 Å². The number of nitrogens with zero attached hydrogens (tertiary/aromatic N) is 1. The average molecular weight is 212 g/mol. The fourth-order valence-corrected chi connectivity index (χ4v) is 1.95. The highest BCUT2D eigenvalue weighted by Gasteiger charge is 2.15. The summed E-state index contributed by atoms with van der Waals surface area (Å²) in [7, 11) is 0. The van der Waals surface area contributed by atoms with Crippen LogP contribution in [0.1, 0.15) is 12.5 Å². The van der Waals surface area contributed by atoms with Crippen molar-refractivity contribution >= 4 is 11.9 Å². The second-order valence-corrected chi connectivity index (χ2v) is 3.77. The maximum atomic E-state index is 7.45. The summed E-state index contributed by atoms with van der Waals surface area (Å²) in [6.45, 7) is 2.15. The minimum atomic E-state index is 0.0395. The quantitative estimate of drug-likeness (QED) is 0.765. The fraction of sp³-hybridized carbons (Fsp3) is 0.214. The maximum absolute atomic E-state index is 7.45. The highest BCUT2D eigenvalue weighted by Crippen LogP contribution is 2.24. The summed E-state index contributed by atoms with van der Waals surface area (Å²) >= 11 is 0. The molecule has 1 N–H and O–H groups in total. The van der Waals surface area contributed by atoms with E-state index in [2.05, 4.69) is 30.0 Å². The van der Waals surface area contributed by atoms with E-state index in [-0.39, 0.29) is 6.04 Å². The van der Waals surface area contributed by atoms with Crippen LogP contribution in [0.15, 0.2) is 48.7 Å². The molecule has 2 rings (SSSR count). The van der Waals surface area contributed by atoms with Crippen molar-refractivity contribution in [2.75, 3.05) is 4.90 Å².